The van der Waals surface area contributed by atoms with Crippen LogP contribution in [-0.4, -0.2) is 48.0 Å². The first-order valence-corrected chi connectivity index (χ1v) is 9.09. The van der Waals surface area contributed by atoms with Crippen LogP contribution in [0.15, 0.2) is 42.6 Å². The Morgan fingerprint density at radius 1 is 1.12 bits per heavy atom. The van der Waals surface area contributed by atoms with E-state index in [9.17, 15) is 4.79 Å². The summed E-state index contributed by atoms with van der Waals surface area (Å²) >= 11 is 6.07. The van der Waals surface area contributed by atoms with E-state index < -0.39 is 0 Å². The minimum atomic E-state index is 0.0521. The number of piperazine rings is 1. The first-order valence-electron chi connectivity index (χ1n) is 8.71. The number of carbonyl (C=O) groups excluding carboxylic acids is 1. The molecule has 1 saturated carbocycles. The Hall–Kier alpha value is -2.27. The van der Waals surface area contributed by atoms with E-state index in [-0.39, 0.29) is 5.91 Å². The number of nitrogens with one attached hydrogen (secondary N) is 1. The summed E-state index contributed by atoms with van der Waals surface area (Å²) in [5.74, 6) is 0.904. The SMILES string of the molecule is O=C(c1ccc(NC2CC2)nc1)N1CCN(c2cccc(Cl)c2)CC1. The second-order valence-corrected chi connectivity index (χ2v) is 7.05. The lowest BCUT2D eigenvalue weighted by Crippen LogP contribution is -2.48. The smallest absolute Gasteiger partial charge is 0.255 e. The quantitative estimate of drug-likeness (QED) is 0.913. The Labute approximate surface area is 152 Å². The molecule has 0 bridgehead atoms. The molecule has 0 atom stereocenters. The fourth-order valence-corrected chi connectivity index (χ4v) is 3.25. The van der Waals surface area contributed by atoms with E-state index in [0.29, 0.717) is 24.7 Å². The highest BCUT2D eigenvalue weighted by atomic mass is 35.5. The molecule has 5 nitrogen and oxygen atoms in total. The van der Waals surface area contributed by atoms with Gasteiger partial charge in [0, 0.05) is 49.1 Å². The fraction of sp³-hybridized carbons (Fsp3) is 0.368. The molecule has 2 aromatic rings. The molecule has 4 rings (SSSR count). The van der Waals surface area contributed by atoms with Crippen LogP contribution in [0.25, 0.3) is 0 Å². The third kappa shape index (κ3) is 3.87. The van der Waals surface area contributed by atoms with Crippen LogP contribution in [0, 0.1) is 0 Å². The van der Waals surface area contributed by atoms with Crippen molar-refractivity contribution in [2.24, 2.45) is 0 Å². The van der Waals surface area contributed by atoms with Crippen LogP contribution in [0.2, 0.25) is 5.02 Å². The number of pyridine rings is 1. The number of rotatable bonds is 4. The van der Waals surface area contributed by atoms with E-state index in [4.69, 9.17) is 11.6 Å². The van der Waals surface area contributed by atoms with Crippen LogP contribution < -0.4 is 10.2 Å². The second-order valence-electron chi connectivity index (χ2n) is 6.61. The zero-order valence-electron chi connectivity index (χ0n) is 14.0. The summed E-state index contributed by atoms with van der Waals surface area (Å²) in [7, 11) is 0. The topological polar surface area (TPSA) is 48.5 Å². The van der Waals surface area contributed by atoms with E-state index in [2.05, 4.69) is 21.3 Å². The number of hydrogen-bond donors (Lipinski definition) is 1. The van der Waals surface area contributed by atoms with Gasteiger partial charge in [-0.3, -0.25) is 4.79 Å². The van der Waals surface area contributed by atoms with Crippen molar-refractivity contribution in [2.75, 3.05) is 36.4 Å². The average Bonchev–Trinajstić information content (AvgIpc) is 3.46. The van der Waals surface area contributed by atoms with E-state index in [0.717, 1.165) is 29.6 Å². The summed E-state index contributed by atoms with van der Waals surface area (Å²) in [6.45, 7) is 3.02. The van der Waals surface area contributed by atoms with Gasteiger partial charge in [-0.25, -0.2) is 4.98 Å². The minimum Gasteiger partial charge on any atom is -0.368 e. The van der Waals surface area contributed by atoms with Gasteiger partial charge in [0.1, 0.15) is 5.82 Å². The molecule has 1 N–H and O–H groups in total. The van der Waals surface area contributed by atoms with Gasteiger partial charge in [-0.15, -0.1) is 0 Å². The van der Waals surface area contributed by atoms with Crippen LogP contribution in [-0.2, 0) is 0 Å². The van der Waals surface area contributed by atoms with Crippen LogP contribution >= 0.6 is 11.6 Å². The molecule has 1 aliphatic carbocycles. The number of carbonyl (C=O) groups is 1. The highest BCUT2D eigenvalue weighted by Crippen LogP contribution is 2.24. The normalized spacial score (nSPS) is 17.5. The van der Waals surface area contributed by atoms with Gasteiger partial charge in [-0.05, 0) is 43.2 Å². The molecule has 6 heteroatoms. The van der Waals surface area contributed by atoms with Crippen molar-refractivity contribution in [1.82, 2.24) is 9.88 Å². The number of halogens is 1. The summed E-state index contributed by atoms with van der Waals surface area (Å²) < 4.78 is 0. The van der Waals surface area contributed by atoms with Crippen LogP contribution in [0.5, 0.6) is 0 Å². The maximum atomic E-state index is 12.7. The van der Waals surface area contributed by atoms with E-state index in [1.54, 1.807) is 6.20 Å². The molecule has 130 valence electrons. The zero-order valence-corrected chi connectivity index (χ0v) is 14.7. The van der Waals surface area contributed by atoms with E-state index in [1.807, 2.05) is 35.2 Å². The average molecular weight is 357 g/mol. The van der Waals surface area contributed by atoms with Gasteiger partial charge in [0.25, 0.3) is 5.91 Å². The monoisotopic (exact) mass is 356 g/mol. The van der Waals surface area contributed by atoms with Crippen molar-refractivity contribution in [3.8, 4) is 0 Å². The summed E-state index contributed by atoms with van der Waals surface area (Å²) in [6.07, 6.45) is 4.09. The third-order valence-corrected chi connectivity index (χ3v) is 4.92. The molecule has 0 unspecified atom stereocenters. The molecule has 2 fully saturated rings. The number of benzene rings is 1. The highest BCUT2D eigenvalue weighted by Gasteiger charge is 2.24. The van der Waals surface area contributed by atoms with Gasteiger partial charge >= 0.3 is 0 Å². The van der Waals surface area contributed by atoms with Gasteiger partial charge < -0.3 is 15.1 Å². The van der Waals surface area contributed by atoms with Gasteiger partial charge in [-0.1, -0.05) is 17.7 Å². The largest absolute Gasteiger partial charge is 0.368 e. The number of aromatic nitrogens is 1. The Morgan fingerprint density at radius 3 is 2.56 bits per heavy atom. The van der Waals surface area contributed by atoms with Gasteiger partial charge in [0.15, 0.2) is 0 Å². The van der Waals surface area contributed by atoms with Gasteiger partial charge in [-0.2, -0.15) is 0 Å². The molecule has 25 heavy (non-hydrogen) atoms. The number of anilines is 2. The number of hydrogen-bond acceptors (Lipinski definition) is 4. The maximum absolute atomic E-state index is 12.7. The van der Waals surface area contributed by atoms with Crippen LogP contribution in [0.4, 0.5) is 11.5 Å². The molecule has 1 saturated heterocycles. The summed E-state index contributed by atoms with van der Waals surface area (Å²) in [5, 5.41) is 4.07. The molecule has 1 aromatic heterocycles. The first-order chi connectivity index (χ1) is 12.2. The molecule has 2 heterocycles. The molecule has 1 amide bonds. The molecule has 1 aromatic carbocycles. The van der Waals surface area contributed by atoms with E-state index in [1.165, 1.54) is 12.8 Å². The predicted octanol–water partition coefficient (Wildman–Crippen LogP) is 3.27. The second kappa shape index (κ2) is 6.92. The number of nitrogens with zero attached hydrogens (tertiary/aromatic N) is 3. The van der Waals surface area contributed by atoms with Crippen molar-refractivity contribution in [3.63, 3.8) is 0 Å². The molecule has 2 aliphatic rings. The number of amides is 1. The maximum Gasteiger partial charge on any atom is 0.255 e. The summed E-state index contributed by atoms with van der Waals surface area (Å²) in [5.41, 5.74) is 1.76. The summed E-state index contributed by atoms with van der Waals surface area (Å²) in [4.78, 5) is 21.2. The minimum absolute atomic E-state index is 0.0521. The van der Waals surface area contributed by atoms with Crippen molar-refractivity contribution in [3.05, 3.63) is 53.2 Å². The Bertz CT molecular complexity index is 752. The Kier molecular flexibility index (Phi) is 4.49. The van der Waals surface area contributed by atoms with Gasteiger partial charge in [0.2, 0.25) is 0 Å². The standard InChI is InChI=1S/C19H21ClN4O/c20-15-2-1-3-17(12-15)23-8-10-24(11-9-23)19(25)14-4-7-18(21-13-14)22-16-5-6-16/h1-4,7,12-13,16H,5-6,8-11H2,(H,21,22). The Morgan fingerprint density at radius 2 is 1.92 bits per heavy atom. The Balaban J connectivity index is 1.35. The van der Waals surface area contributed by atoms with Crippen molar-refractivity contribution in [2.45, 2.75) is 18.9 Å². The summed E-state index contributed by atoms with van der Waals surface area (Å²) in [6, 6.07) is 12.2. The highest BCUT2D eigenvalue weighted by molar-refractivity contribution is 6.30. The third-order valence-electron chi connectivity index (χ3n) is 4.68. The van der Waals surface area contributed by atoms with Gasteiger partial charge in [0.05, 0.1) is 5.56 Å². The van der Waals surface area contributed by atoms with Crippen LogP contribution in [0.3, 0.4) is 0 Å². The zero-order chi connectivity index (χ0) is 17.2. The van der Waals surface area contributed by atoms with E-state index >= 15 is 0 Å². The molecule has 0 spiro atoms. The lowest BCUT2D eigenvalue weighted by atomic mass is 10.2. The lowest BCUT2D eigenvalue weighted by molar-refractivity contribution is 0.0746. The molecular formula is C19H21ClN4O. The fourth-order valence-electron chi connectivity index (χ4n) is 3.07. The lowest BCUT2D eigenvalue weighted by Gasteiger charge is -2.36. The molecule has 1 aliphatic heterocycles. The van der Waals surface area contributed by atoms with Crippen LogP contribution in [0.1, 0.15) is 23.2 Å². The first kappa shape index (κ1) is 16.2. The molecular weight excluding hydrogens is 336 g/mol. The van der Waals surface area contributed by atoms with Crippen molar-refractivity contribution in [1.29, 1.82) is 0 Å². The molecule has 0 radical (unpaired) electrons. The van der Waals surface area contributed by atoms with Crippen molar-refractivity contribution < 1.29 is 4.79 Å². The van der Waals surface area contributed by atoms with Crippen molar-refractivity contribution >= 4 is 29.0 Å². The predicted molar refractivity (Wildman–Crippen MR) is 100 cm³/mol.